The van der Waals surface area contributed by atoms with Gasteiger partial charge in [-0.15, -0.1) is 0 Å². The monoisotopic (exact) mass is 257 g/mol. The molecule has 1 N–H and O–H groups in total. The topological polar surface area (TPSA) is 39.7 Å². The van der Waals surface area contributed by atoms with Gasteiger partial charge in [0.1, 0.15) is 12.7 Å². The van der Waals surface area contributed by atoms with Crippen molar-refractivity contribution in [1.82, 2.24) is 5.32 Å². The van der Waals surface area contributed by atoms with Crippen LogP contribution in [0.2, 0.25) is 5.02 Å². The van der Waals surface area contributed by atoms with Gasteiger partial charge in [0.05, 0.1) is 13.7 Å². The molecule has 1 aliphatic rings. The number of rotatable bonds is 4. The molecule has 2 rings (SSSR count). The Morgan fingerprint density at radius 3 is 3.06 bits per heavy atom. The zero-order valence-electron chi connectivity index (χ0n) is 9.74. The minimum Gasteiger partial charge on any atom is -0.493 e. The van der Waals surface area contributed by atoms with Crippen molar-refractivity contribution in [2.45, 2.75) is 6.10 Å². The number of nitrogens with one attached hydrogen (secondary N) is 1. The van der Waals surface area contributed by atoms with E-state index in [0.29, 0.717) is 23.1 Å². The van der Waals surface area contributed by atoms with Crippen LogP contribution >= 0.6 is 11.6 Å². The third kappa shape index (κ3) is 3.49. The Labute approximate surface area is 106 Å². The lowest BCUT2D eigenvalue weighted by Crippen LogP contribution is -2.41. The minimum atomic E-state index is 0.0763. The normalized spacial score (nSPS) is 20.0. The van der Waals surface area contributed by atoms with Crippen LogP contribution in [0.4, 0.5) is 0 Å². The molecule has 1 fully saturated rings. The molecule has 0 bridgehead atoms. The van der Waals surface area contributed by atoms with Crippen LogP contribution in [0.1, 0.15) is 0 Å². The van der Waals surface area contributed by atoms with E-state index in [1.807, 2.05) is 0 Å². The summed E-state index contributed by atoms with van der Waals surface area (Å²) in [4.78, 5) is 0. The minimum absolute atomic E-state index is 0.0763. The van der Waals surface area contributed by atoms with Gasteiger partial charge in [0.15, 0.2) is 11.5 Å². The Morgan fingerprint density at radius 1 is 1.47 bits per heavy atom. The summed E-state index contributed by atoms with van der Waals surface area (Å²) >= 11 is 5.92. The molecule has 1 unspecified atom stereocenters. The molecule has 0 aliphatic carbocycles. The van der Waals surface area contributed by atoms with Gasteiger partial charge in [0.25, 0.3) is 0 Å². The average Bonchev–Trinajstić information content (AvgIpc) is 2.38. The second kappa shape index (κ2) is 6.10. The Hall–Kier alpha value is -0.970. The van der Waals surface area contributed by atoms with Crippen LogP contribution in [0, 0.1) is 0 Å². The lowest BCUT2D eigenvalue weighted by Gasteiger charge is -2.24. The summed E-state index contributed by atoms with van der Waals surface area (Å²) in [6.45, 7) is 2.92. The van der Waals surface area contributed by atoms with Crippen LogP contribution in [0.5, 0.6) is 11.5 Å². The summed E-state index contributed by atoms with van der Waals surface area (Å²) in [5.41, 5.74) is 0. The molecule has 0 radical (unpaired) electrons. The lowest BCUT2D eigenvalue weighted by atomic mass is 10.3. The maximum absolute atomic E-state index is 5.92. The van der Waals surface area contributed by atoms with E-state index >= 15 is 0 Å². The fourth-order valence-corrected chi connectivity index (χ4v) is 1.83. The van der Waals surface area contributed by atoms with E-state index in [1.165, 1.54) is 0 Å². The molecule has 1 atom stereocenters. The zero-order chi connectivity index (χ0) is 12.1. The largest absolute Gasteiger partial charge is 0.493 e. The first-order valence-corrected chi connectivity index (χ1v) is 5.96. The van der Waals surface area contributed by atoms with Crippen LogP contribution < -0.4 is 14.8 Å². The number of hydrogen-bond donors (Lipinski definition) is 1. The first-order valence-electron chi connectivity index (χ1n) is 5.58. The molecule has 1 heterocycles. The maximum atomic E-state index is 5.92. The SMILES string of the molecule is COc1ccc(Cl)cc1OCC1CNCCO1. The lowest BCUT2D eigenvalue weighted by molar-refractivity contribution is -0.000261. The van der Waals surface area contributed by atoms with Crippen molar-refractivity contribution in [2.75, 3.05) is 33.4 Å². The average molecular weight is 258 g/mol. The fourth-order valence-electron chi connectivity index (χ4n) is 1.67. The van der Waals surface area contributed by atoms with Crippen molar-refractivity contribution >= 4 is 11.6 Å². The van der Waals surface area contributed by atoms with Crippen molar-refractivity contribution in [3.05, 3.63) is 23.2 Å². The second-order valence-electron chi connectivity index (χ2n) is 3.80. The Kier molecular flexibility index (Phi) is 4.48. The van der Waals surface area contributed by atoms with Gasteiger partial charge < -0.3 is 19.5 Å². The summed E-state index contributed by atoms with van der Waals surface area (Å²) < 4.78 is 16.4. The maximum Gasteiger partial charge on any atom is 0.162 e. The van der Waals surface area contributed by atoms with Crippen LogP contribution in [-0.4, -0.2) is 39.5 Å². The van der Waals surface area contributed by atoms with Crippen molar-refractivity contribution in [3.63, 3.8) is 0 Å². The van der Waals surface area contributed by atoms with E-state index in [4.69, 9.17) is 25.8 Å². The summed E-state index contributed by atoms with van der Waals surface area (Å²) in [5, 5.41) is 3.88. The highest BCUT2D eigenvalue weighted by Gasteiger charge is 2.15. The molecule has 1 saturated heterocycles. The number of benzene rings is 1. The van der Waals surface area contributed by atoms with E-state index in [0.717, 1.165) is 19.7 Å². The molecule has 17 heavy (non-hydrogen) atoms. The third-order valence-corrected chi connectivity index (χ3v) is 2.79. The molecular formula is C12H16ClNO3. The molecule has 0 amide bonds. The molecular weight excluding hydrogens is 242 g/mol. The summed E-state index contributed by atoms with van der Waals surface area (Å²) in [5.74, 6) is 1.33. The van der Waals surface area contributed by atoms with Gasteiger partial charge in [-0.25, -0.2) is 0 Å². The zero-order valence-corrected chi connectivity index (χ0v) is 10.5. The smallest absolute Gasteiger partial charge is 0.162 e. The van der Waals surface area contributed by atoms with Gasteiger partial charge >= 0.3 is 0 Å². The van der Waals surface area contributed by atoms with Crippen LogP contribution in [0.3, 0.4) is 0 Å². The van der Waals surface area contributed by atoms with Crippen LogP contribution in [-0.2, 0) is 4.74 Å². The number of morpholine rings is 1. The van der Waals surface area contributed by atoms with E-state index < -0.39 is 0 Å². The van der Waals surface area contributed by atoms with Crippen molar-refractivity contribution in [2.24, 2.45) is 0 Å². The van der Waals surface area contributed by atoms with Gasteiger partial charge in [-0.1, -0.05) is 11.6 Å². The van der Waals surface area contributed by atoms with Gasteiger partial charge in [0.2, 0.25) is 0 Å². The number of halogens is 1. The molecule has 5 heteroatoms. The summed E-state index contributed by atoms with van der Waals surface area (Å²) in [7, 11) is 1.61. The molecule has 94 valence electrons. The molecule has 0 aromatic heterocycles. The van der Waals surface area contributed by atoms with Crippen LogP contribution in [0.15, 0.2) is 18.2 Å². The molecule has 1 aromatic rings. The highest BCUT2D eigenvalue weighted by Crippen LogP contribution is 2.30. The standard InChI is InChI=1S/C12H16ClNO3/c1-15-11-3-2-9(13)6-12(11)17-8-10-7-14-4-5-16-10/h2-3,6,10,14H,4-5,7-8H2,1H3. The second-order valence-corrected chi connectivity index (χ2v) is 4.24. The van der Waals surface area contributed by atoms with E-state index in [1.54, 1.807) is 25.3 Å². The molecule has 1 aromatic carbocycles. The molecule has 4 nitrogen and oxygen atoms in total. The fraction of sp³-hybridized carbons (Fsp3) is 0.500. The van der Waals surface area contributed by atoms with Crippen molar-refractivity contribution in [3.8, 4) is 11.5 Å². The molecule has 0 spiro atoms. The Balaban J connectivity index is 1.95. The predicted molar refractivity (Wildman–Crippen MR) is 66.1 cm³/mol. The number of ether oxygens (including phenoxy) is 3. The molecule has 1 aliphatic heterocycles. The quantitative estimate of drug-likeness (QED) is 0.892. The first-order chi connectivity index (χ1) is 8.29. The van der Waals surface area contributed by atoms with Crippen LogP contribution in [0.25, 0.3) is 0 Å². The summed E-state index contributed by atoms with van der Waals surface area (Å²) in [6, 6.07) is 5.31. The van der Waals surface area contributed by atoms with E-state index in [-0.39, 0.29) is 6.10 Å². The molecule has 0 saturated carbocycles. The van der Waals surface area contributed by atoms with Gasteiger partial charge in [-0.2, -0.15) is 0 Å². The van der Waals surface area contributed by atoms with Crippen molar-refractivity contribution < 1.29 is 14.2 Å². The highest BCUT2D eigenvalue weighted by atomic mass is 35.5. The predicted octanol–water partition coefficient (Wildman–Crippen LogP) is 1.72. The van der Waals surface area contributed by atoms with E-state index in [9.17, 15) is 0 Å². The highest BCUT2D eigenvalue weighted by molar-refractivity contribution is 6.30. The first kappa shape index (κ1) is 12.5. The Morgan fingerprint density at radius 2 is 2.35 bits per heavy atom. The van der Waals surface area contributed by atoms with Gasteiger partial charge in [-0.05, 0) is 12.1 Å². The number of methoxy groups -OCH3 is 1. The van der Waals surface area contributed by atoms with Gasteiger partial charge in [0, 0.05) is 24.2 Å². The van der Waals surface area contributed by atoms with E-state index in [2.05, 4.69) is 5.32 Å². The third-order valence-electron chi connectivity index (χ3n) is 2.55. The summed E-state index contributed by atoms with van der Waals surface area (Å²) in [6.07, 6.45) is 0.0763. The van der Waals surface area contributed by atoms with Crippen molar-refractivity contribution in [1.29, 1.82) is 0 Å². The Bertz CT molecular complexity index is 367. The number of hydrogen-bond acceptors (Lipinski definition) is 4. The van der Waals surface area contributed by atoms with Gasteiger partial charge in [-0.3, -0.25) is 0 Å².